The van der Waals surface area contributed by atoms with E-state index in [0.717, 1.165) is 17.1 Å². The highest BCUT2D eigenvalue weighted by atomic mass is 15.4. The van der Waals surface area contributed by atoms with Crippen LogP contribution in [0.15, 0.2) is 18.2 Å². The summed E-state index contributed by atoms with van der Waals surface area (Å²) >= 11 is 0. The molecule has 4 heteroatoms. The summed E-state index contributed by atoms with van der Waals surface area (Å²) in [6.45, 7) is 8.11. The minimum absolute atomic E-state index is 0.0877. The summed E-state index contributed by atoms with van der Waals surface area (Å²) in [4.78, 5) is 0. The molecule has 1 aromatic heterocycles. The Kier molecular flexibility index (Phi) is 2.98. The van der Waals surface area contributed by atoms with Crippen LogP contribution in [0.5, 0.6) is 0 Å². The Bertz CT molecular complexity index is 540. The van der Waals surface area contributed by atoms with Crippen LogP contribution >= 0.6 is 0 Å². The number of aromatic nitrogens is 3. The predicted octanol–water partition coefficient (Wildman–Crippen LogP) is 2.21. The average Bonchev–Trinajstić information content (AvgIpc) is 2.64. The van der Waals surface area contributed by atoms with Crippen molar-refractivity contribution in [2.45, 2.75) is 33.7 Å². The number of nitrogens with two attached hydrogens (primary N) is 1. The number of rotatable bonds is 2. The molecule has 0 radical (unpaired) electrons. The van der Waals surface area contributed by atoms with Gasteiger partial charge in [0.2, 0.25) is 0 Å². The monoisotopic (exact) mass is 230 g/mol. The zero-order valence-corrected chi connectivity index (χ0v) is 10.7. The van der Waals surface area contributed by atoms with Gasteiger partial charge in [0.05, 0.1) is 11.4 Å². The quantitative estimate of drug-likeness (QED) is 0.860. The van der Waals surface area contributed by atoms with Crippen molar-refractivity contribution in [3.63, 3.8) is 0 Å². The molecule has 0 bridgehead atoms. The molecule has 1 heterocycles. The van der Waals surface area contributed by atoms with Crippen molar-refractivity contribution in [3.8, 4) is 5.69 Å². The molecule has 0 aliphatic carbocycles. The van der Waals surface area contributed by atoms with E-state index in [1.54, 1.807) is 0 Å². The smallest absolute Gasteiger partial charge is 0.102 e. The fraction of sp³-hybridized carbons (Fsp3) is 0.385. The molecular weight excluding hydrogens is 212 g/mol. The van der Waals surface area contributed by atoms with Crippen LogP contribution in [0.2, 0.25) is 0 Å². The highest BCUT2D eigenvalue weighted by molar-refractivity contribution is 5.40. The van der Waals surface area contributed by atoms with E-state index in [-0.39, 0.29) is 6.04 Å². The first-order valence-electron chi connectivity index (χ1n) is 5.76. The van der Waals surface area contributed by atoms with Gasteiger partial charge >= 0.3 is 0 Å². The molecule has 0 spiro atoms. The Hall–Kier alpha value is -1.68. The molecule has 0 saturated heterocycles. The number of benzene rings is 1. The van der Waals surface area contributed by atoms with Crippen LogP contribution in [0.1, 0.15) is 35.5 Å². The number of hydrogen-bond donors (Lipinski definition) is 1. The lowest BCUT2D eigenvalue weighted by Gasteiger charge is -2.07. The van der Waals surface area contributed by atoms with Gasteiger partial charge in [-0.1, -0.05) is 11.3 Å². The summed E-state index contributed by atoms with van der Waals surface area (Å²) in [6, 6.07) is 6.17. The molecule has 1 aromatic carbocycles. The van der Waals surface area contributed by atoms with E-state index in [2.05, 4.69) is 42.4 Å². The number of aryl methyl sites for hydroxylation is 2. The van der Waals surface area contributed by atoms with E-state index in [4.69, 9.17) is 5.73 Å². The van der Waals surface area contributed by atoms with Gasteiger partial charge in [-0.2, -0.15) is 0 Å². The van der Waals surface area contributed by atoms with E-state index in [1.807, 2.05) is 18.5 Å². The minimum Gasteiger partial charge on any atom is -0.323 e. The van der Waals surface area contributed by atoms with Crippen LogP contribution in [0.3, 0.4) is 0 Å². The molecule has 0 aliphatic heterocycles. The zero-order chi connectivity index (χ0) is 12.6. The lowest BCUT2D eigenvalue weighted by Crippen LogP contribution is -2.08. The van der Waals surface area contributed by atoms with Crippen LogP contribution in [0.25, 0.3) is 5.69 Å². The normalized spacial score (nSPS) is 12.8. The summed E-state index contributed by atoms with van der Waals surface area (Å²) in [5.41, 5.74) is 11.3. The molecular formula is C13H18N4. The third-order valence-corrected chi connectivity index (χ3v) is 3.10. The third-order valence-electron chi connectivity index (χ3n) is 3.10. The lowest BCUT2D eigenvalue weighted by atomic mass is 10.1. The molecule has 0 fully saturated rings. The number of hydrogen-bond acceptors (Lipinski definition) is 3. The number of nitrogens with zero attached hydrogens (tertiary/aromatic N) is 3. The Morgan fingerprint density at radius 2 is 1.88 bits per heavy atom. The maximum atomic E-state index is 5.84. The fourth-order valence-electron chi connectivity index (χ4n) is 1.86. The average molecular weight is 230 g/mol. The van der Waals surface area contributed by atoms with Crippen molar-refractivity contribution < 1.29 is 0 Å². The van der Waals surface area contributed by atoms with Gasteiger partial charge in [0.1, 0.15) is 5.69 Å². The van der Waals surface area contributed by atoms with Gasteiger partial charge in [0, 0.05) is 6.04 Å². The van der Waals surface area contributed by atoms with Gasteiger partial charge in [-0.15, -0.1) is 5.10 Å². The van der Waals surface area contributed by atoms with E-state index < -0.39 is 0 Å². The Morgan fingerprint density at radius 1 is 1.18 bits per heavy atom. The van der Waals surface area contributed by atoms with E-state index in [9.17, 15) is 0 Å². The summed E-state index contributed by atoms with van der Waals surface area (Å²) < 4.78 is 1.84. The van der Waals surface area contributed by atoms with Crippen LogP contribution in [-0.4, -0.2) is 15.0 Å². The van der Waals surface area contributed by atoms with Crippen molar-refractivity contribution >= 4 is 0 Å². The molecule has 1 unspecified atom stereocenters. The third kappa shape index (κ3) is 2.08. The lowest BCUT2D eigenvalue weighted by molar-refractivity contribution is 0.756. The van der Waals surface area contributed by atoms with Crippen LogP contribution < -0.4 is 5.73 Å². The Labute approximate surface area is 101 Å². The summed E-state index contributed by atoms with van der Waals surface area (Å²) in [6.07, 6.45) is 0. The second-order valence-corrected chi connectivity index (χ2v) is 4.53. The van der Waals surface area contributed by atoms with E-state index in [1.165, 1.54) is 11.1 Å². The first-order chi connectivity index (χ1) is 8.00. The Balaban J connectivity index is 2.50. The topological polar surface area (TPSA) is 56.7 Å². The van der Waals surface area contributed by atoms with Crippen molar-refractivity contribution in [1.82, 2.24) is 15.0 Å². The van der Waals surface area contributed by atoms with Gasteiger partial charge in [-0.3, -0.25) is 0 Å². The molecule has 1 atom stereocenters. The van der Waals surface area contributed by atoms with Crippen molar-refractivity contribution in [2.24, 2.45) is 5.73 Å². The zero-order valence-electron chi connectivity index (χ0n) is 10.7. The van der Waals surface area contributed by atoms with Gasteiger partial charge in [0.25, 0.3) is 0 Å². The molecule has 2 rings (SSSR count). The highest BCUT2D eigenvalue weighted by Crippen LogP contribution is 2.18. The van der Waals surface area contributed by atoms with Crippen molar-refractivity contribution in [2.75, 3.05) is 0 Å². The second-order valence-electron chi connectivity index (χ2n) is 4.53. The van der Waals surface area contributed by atoms with Crippen molar-refractivity contribution in [1.29, 1.82) is 0 Å². The van der Waals surface area contributed by atoms with Crippen LogP contribution in [0.4, 0.5) is 0 Å². The summed E-state index contributed by atoms with van der Waals surface area (Å²) in [5, 5.41) is 8.30. The van der Waals surface area contributed by atoms with Crippen LogP contribution in [-0.2, 0) is 0 Å². The minimum atomic E-state index is -0.0877. The molecule has 17 heavy (non-hydrogen) atoms. The highest BCUT2D eigenvalue weighted by Gasteiger charge is 2.13. The van der Waals surface area contributed by atoms with Crippen molar-refractivity contribution in [3.05, 3.63) is 40.7 Å². The van der Waals surface area contributed by atoms with E-state index >= 15 is 0 Å². The molecule has 90 valence electrons. The first-order valence-corrected chi connectivity index (χ1v) is 5.76. The first kappa shape index (κ1) is 11.8. The van der Waals surface area contributed by atoms with E-state index in [0.29, 0.717) is 0 Å². The molecule has 0 saturated carbocycles. The summed E-state index contributed by atoms with van der Waals surface area (Å²) in [5.74, 6) is 0. The van der Waals surface area contributed by atoms with Crippen LogP contribution in [0, 0.1) is 20.8 Å². The summed E-state index contributed by atoms with van der Waals surface area (Å²) in [7, 11) is 0. The standard InChI is InChI=1S/C13H18N4/c1-8-5-6-12(7-9(8)2)17-11(4)13(10(3)14)15-16-17/h5-7,10H,14H2,1-4H3. The molecule has 0 amide bonds. The SMILES string of the molecule is Cc1ccc(-n2nnc(C(C)N)c2C)cc1C. The maximum absolute atomic E-state index is 5.84. The maximum Gasteiger partial charge on any atom is 0.102 e. The Morgan fingerprint density at radius 3 is 2.41 bits per heavy atom. The fourth-order valence-corrected chi connectivity index (χ4v) is 1.86. The van der Waals surface area contributed by atoms with Gasteiger partial charge in [-0.05, 0) is 51.0 Å². The van der Waals surface area contributed by atoms with Gasteiger partial charge in [0.15, 0.2) is 0 Å². The largest absolute Gasteiger partial charge is 0.323 e. The van der Waals surface area contributed by atoms with Gasteiger partial charge < -0.3 is 5.73 Å². The molecule has 0 aliphatic rings. The predicted molar refractivity (Wildman–Crippen MR) is 68.2 cm³/mol. The second kappa shape index (κ2) is 4.30. The molecule has 2 N–H and O–H groups in total. The van der Waals surface area contributed by atoms with Gasteiger partial charge in [-0.25, -0.2) is 4.68 Å². The molecule has 2 aromatic rings. The molecule has 4 nitrogen and oxygen atoms in total.